The van der Waals surface area contributed by atoms with Gasteiger partial charge in [0.1, 0.15) is 0 Å². The van der Waals surface area contributed by atoms with Gasteiger partial charge in [0, 0.05) is 30.5 Å². The lowest BCUT2D eigenvalue weighted by molar-refractivity contribution is -0.143. The summed E-state index contributed by atoms with van der Waals surface area (Å²) in [5.41, 5.74) is 2.02. The Morgan fingerprint density at radius 2 is 2.32 bits per heavy atom. The van der Waals surface area contributed by atoms with Crippen molar-refractivity contribution in [2.24, 2.45) is 11.1 Å². The highest BCUT2D eigenvalue weighted by molar-refractivity contribution is 6.30. The molecular formula is C17H19ClN2O2. The fraction of sp³-hybridized carbons (Fsp3) is 0.529. The monoisotopic (exact) mass is 318 g/mol. The third-order valence-electron chi connectivity index (χ3n) is 5.00. The van der Waals surface area contributed by atoms with Gasteiger partial charge in [-0.05, 0) is 42.9 Å². The van der Waals surface area contributed by atoms with Gasteiger partial charge in [-0.15, -0.1) is 0 Å². The van der Waals surface area contributed by atoms with Crippen LogP contribution in [-0.4, -0.2) is 35.2 Å². The number of fused-ring (bicyclic) bond motifs is 2. The lowest BCUT2D eigenvalue weighted by atomic mass is 10.0. The molecule has 22 heavy (non-hydrogen) atoms. The van der Waals surface area contributed by atoms with Crippen LogP contribution in [0.5, 0.6) is 0 Å². The molecule has 4 nitrogen and oxygen atoms in total. The normalized spacial score (nSPS) is 29.6. The van der Waals surface area contributed by atoms with Crippen molar-refractivity contribution in [1.82, 2.24) is 4.90 Å². The van der Waals surface area contributed by atoms with Gasteiger partial charge >= 0.3 is 0 Å². The van der Waals surface area contributed by atoms with E-state index in [0.717, 1.165) is 29.3 Å². The molecule has 4 rings (SSSR count). The number of oxime groups is 1. The standard InChI is InChI=1S/C17H19ClN2O2/c18-13-3-1-2-11(6-13)7-14-9-16(22-19-14)17(21)20-10-12-4-5-15(20)8-12/h1-3,6,12,15-16H,4-5,7-10H2. The predicted molar refractivity (Wildman–Crippen MR) is 84.9 cm³/mol. The quantitative estimate of drug-likeness (QED) is 0.859. The minimum Gasteiger partial charge on any atom is -0.382 e. The number of hydrogen-bond donors (Lipinski definition) is 0. The average Bonchev–Trinajstić information content (AvgIpc) is 3.22. The summed E-state index contributed by atoms with van der Waals surface area (Å²) in [5, 5.41) is 4.84. The number of carbonyl (C=O) groups excluding carboxylic acids is 1. The molecular weight excluding hydrogens is 300 g/mol. The highest BCUT2D eigenvalue weighted by Gasteiger charge is 2.43. The summed E-state index contributed by atoms with van der Waals surface area (Å²) in [6.07, 6.45) is 4.47. The Labute approximate surface area is 135 Å². The lowest BCUT2D eigenvalue weighted by Gasteiger charge is -2.28. The molecule has 1 aromatic rings. The Hall–Kier alpha value is -1.55. The van der Waals surface area contributed by atoms with Crippen molar-refractivity contribution >= 4 is 23.2 Å². The number of hydrogen-bond acceptors (Lipinski definition) is 3. The van der Waals surface area contributed by atoms with E-state index in [9.17, 15) is 4.79 Å². The van der Waals surface area contributed by atoms with E-state index in [1.165, 1.54) is 12.8 Å². The average molecular weight is 319 g/mol. The number of likely N-dealkylation sites (tertiary alicyclic amines) is 1. The van der Waals surface area contributed by atoms with Gasteiger partial charge in [-0.1, -0.05) is 28.9 Å². The maximum atomic E-state index is 12.6. The second kappa shape index (κ2) is 5.58. The highest BCUT2D eigenvalue weighted by Crippen LogP contribution is 2.38. The van der Waals surface area contributed by atoms with Crippen molar-refractivity contribution in [2.45, 2.75) is 44.2 Å². The van der Waals surface area contributed by atoms with Crippen LogP contribution >= 0.6 is 11.6 Å². The Bertz CT molecular complexity index is 631. The molecule has 2 heterocycles. The number of benzene rings is 1. The van der Waals surface area contributed by atoms with E-state index >= 15 is 0 Å². The molecule has 0 spiro atoms. The van der Waals surface area contributed by atoms with Crippen molar-refractivity contribution in [3.05, 3.63) is 34.9 Å². The molecule has 5 heteroatoms. The van der Waals surface area contributed by atoms with Gasteiger partial charge in [0.05, 0.1) is 5.71 Å². The molecule has 0 radical (unpaired) electrons. The lowest BCUT2D eigenvalue weighted by Crippen LogP contribution is -2.43. The van der Waals surface area contributed by atoms with Gasteiger partial charge in [-0.3, -0.25) is 4.79 Å². The number of carbonyl (C=O) groups is 1. The summed E-state index contributed by atoms with van der Waals surface area (Å²) in [4.78, 5) is 20.0. The number of halogens is 1. The third-order valence-corrected chi connectivity index (χ3v) is 5.23. The Kier molecular flexibility index (Phi) is 3.57. The molecule has 2 bridgehead atoms. The van der Waals surface area contributed by atoms with Crippen LogP contribution in [0.3, 0.4) is 0 Å². The largest absolute Gasteiger partial charge is 0.382 e. The zero-order valence-corrected chi connectivity index (χ0v) is 13.1. The predicted octanol–water partition coefficient (Wildman–Crippen LogP) is 3.04. The number of rotatable bonds is 3. The van der Waals surface area contributed by atoms with E-state index in [4.69, 9.17) is 16.4 Å². The Morgan fingerprint density at radius 3 is 3.05 bits per heavy atom. The first-order valence-electron chi connectivity index (χ1n) is 7.95. The Balaban J connectivity index is 1.36. The fourth-order valence-electron chi connectivity index (χ4n) is 3.93. The summed E-state index contributed by atoms with van der Waals surface area (Å²) in [6.45, 7) is 0.910. The molecule has 3 unspecified atom stereocenters. The molecule has 2 fully saturated rings. The van der Waals surface area contributed by atoms with Crippen LogP contribution in [0.4, 0.5) is 0 Å². The zero-order chi connectivity index (χ0) is 15.1. The SMILES string of the molecule is O=C(C1CC(Cc2cccc(Cl)c2)=NO1)N1CC2CCC1C2. The highest BCUT2D eigenvalue weighted by atomic mass is 35.5. The van der Waals surface area contributed by atoms with Crippen LogP contribution < -0.4 is 0 Å². The molecule has 1 aliphatic carbocycles. The van der Waals surface area contributed by atoms with Crippen LogP contribution in [0.1, 0.15) is 31.2 Å². The van der Waals surface area contributed by atoms with Crippen molar-refractivity contribution in [2.75, 3.05) is 6.54 Å². The molecule has 1 aromatic carbocycles. The van der Waals surface area contributed by atoms with Gasteiger partial charge < -0.3 is 9.74 Å². The molecule has 0 aromatic heterocycles. The second-order valence-corrected chi connectivity index (χ2v) is 7.02. The number of piperidine rings is 1. The van der Waals surface area contributed by atoms with E-state index < -0.39 is 6.10 Å². The van der Waals surface area contributed by atoms with Crippen molar-refractivity contribution < 1.29 is 9.63 Å². The maximum absolute atomic E-state index is 12.6. The molecule has 2 aliphatic heterocycles. The fourth-order valence-corrected chi connectivity index (χ4v) is 4.14. The van der Waals surface area contributed by atoms with Gasteiger partial charge in [0.15, 0.2) is 0 Å². The van der Waals surface area contributed by atoms with Gasteiger partial charge in [-0.25, -0.2) is 0 Å². The smallest absolute Gasteiger partial charge is 0.267 e. The maximum Gasteiger partial charge on any atom is 0.267 e. The molecule has 1 saturated carbocycles. The topological polar surface area (TPSA) is 41.9 Å². The zero-order valence-electron chi connectivity index (χ0n) is 12.4. The van der Waals surface area contributed by atoms with E-state index in [1.807, 2.05) is 29.2 Å². The van der Waals surface area contributed by atoms with E-state index in [1.54, 1.807) is 0 Å². The number of nitrogens with zero attached hydrogens (tertiary/aromatic N) is 2. The van der Waals surface area contributed by atoms with E-state index in [0.29, 0.717) is 24.8 Å². The van der Waals surface area contributed by atoms with Crippen LogP contribution in [0.2, 0.25) is 5.02 Å². The van der Waals surface area contributed by atoms with Gasteiger partial charge in [-0.2, -0.15) is 0 Å². The summed E-state index contributed by atoms with van der Waals surface area (Å²) < 4.78 is 0. The van der Waals surface area contributed by atoms with Gasteiger partial charge in [0.2, 0.25) is 6.10 Å². The number of amides is 1. The summed E-state index contributed by atoms with van der Waals surface area (Å²) >= 11 is 6.00. The summed E-state index contributed by atoms with van der Waals surface area (Å²) in [5.74, 6) is 0.833. The molecule has 0 N–H and O–H groups in total. The third kappa shape index (κ3) is 2.60. The molecule has 116 valence electrons. The van der Waals surface area contributed by atoms with Gasteiger partial charge in [0.25, 0.3) is 5.91 Å². The minimum atomic E-state index is -0.423. The minimum absolute atomic E-state index is 0.122. The van der Waals surface area contributed by atoms with Crippen LogP contribution in [-0.2, 0) is 16.1 Å². The Morgan fingerprint density at radius 1 is 1.41 bits per heavy atom. The van der Waals surface area contributed by atoms with E-state index in [-0.39, 0.29) is 5.91 Å². The first-order valence-corrected chi connectivity index (χ1v) is 8.33. The van der Waals surface area contributed by atoms with Crippen LogP contribution in [0.15, 0.2) is 29.4 Å². The second-order valence-electron chi connectivity index (χ2n) is 6.59. The van der Waals surface area contributed by atoms with Crippen molar-refractivity contribution in [1.29, 1.82) is 0 Å². The first-order chi connectivity index (χ1) is 10.7. The summed E-state index contributed by atoms with van der Waals surface area (Å²) in [7, 11) is 0. The summed E-state index contributed by atoms with van der Waals surface area (Å²) in [6, 6.07) is 8.17. The van der Waals surface area contributed by atoms with E-state index in [2.05, 4.69) is 5.16 Å². The molecule has 1 saturated heterocycles. The molecule has 1 amide bonds. The molecule has 3 aliphatic rings. The van der Waals surface area contributed by atoms with Crippen molar-refractivity contribution in [3.63, 3.8) is 0 Å². The van der Waals surface area contributed by atoms with Crippen molar-refractivity contribution in [3.8, 4) is 0 Å². The van der Waals surface area contributed by atoms with Crippen LogP contribution in [0.25, 0.3) is 0 Å². The first kappa shape index (κ1) is 14.1. The molecule has 3 atom stereocenters. The van der Waals surface area contributed by atoms with Crippen LogP contribution in [0, 0.1) is 5.92 Å².